The first-order valence-corrected chi connectivity index (χ1v) is 9.96. The molecule has 0 aromatic heterocycles. The average Bonchev–Trinajstić information content (AvgIpc) is 2.83. The molecule has 0 spiro atoms. The Morgan fingerprint density at radius 3 is 2.04 bits per heavy atom. The van der Waals surface area contributed by atoms with Gasteiger partial charge in [-0.15, -0.1) is 0 Å². The van der Waals surface area contributed by atoms with Gasteiger partial charge in [-0.3, -0.25) is 14.4 Å². The van der Waals surface area contributed by atoms with Gasteiger partial charge in [0.15, 0.2) is 0 Å². The normalized spacial score (nSPS) is 25.3. The number of unbranched alkanes of at least 4 members (excludes halogenated alkanes) is 3. The molecule has 1 rings (SSSR count). The van der Waals surface area contributed by atoms with Crippen molar-refractivity contribution in [2.45, 2.75) is 96.2 Å². The number of carboxylic acid groups (broad SMARTS) is 1. The standard InChI is InChI=1S/C20H34O6/c1-2-3-4-7-14(21)10-11-16-17(19(24)13-18(16)23)12-15(22)8-5-6-9-20(25)26/h16-19,23-24H,2-13H2,1H3,(H,25,26). The van der Waals surface area contributed by atoms with Gasteiger partial charge in [0, 0.05) is 32.1 Å². The van der Waals surface area contributed by atoms with E-state index < -0.39 is 18.2 Å². The summed E-state index contributed by atoms with van der Waals surface area (Å²) in [6.07, 6.45) is 4.88. The van der Waals surface area contributed by atoms with Gasteiger partial charge in [-0.05, 0) is 43.9 Å². The van der Waals surface area contributed by atoms with Crippen molar-refractivity contribution in [2.24, 2.45) is 11.8 Å². The summed E-state index contributed by atoms with van der Waals surface area (Å²) in [7, 11) is 0. The van der Waals surface area contributed by atoms with Crippen LogP contribution >= 0.6 is 0 Å². The summed E-state index contributed by atoms with van der Waals surface area (Å²) in [6, 6.07) is 0. The summed E-state index contributed by atoms with van der Waals surface area (Å²) >= 11 is 0. The van der Waals surface area contributed by atoms with Gasteiger partial charge in [-0.2, -0.15) is 0 Å². The van der Waals surface area contributed by atoms with E-state index in [9.17, 15) is 24.6 Å². The summed E-state index contributed by atoms with van der Waals surface area (Å²) < 4.78 is 0. The van der Waals surface area contributed by atoms with Gasteiger partial charge in [0.05, 0.1) is 12.2 Å². The van der Waals surface area contributed by atoms with E-state index in [1.165, 1.54) is 0 Å². The summed E-state index contributed by atoms with van der Waals surface area (Å²) in [5, 5.41) is 29.0. The van der Waals surface area contributed by atoms with E-state index in [1.54, 1.807) is 0 Å². The molecule has 26 heavy (non-hydrogen) atoms. The highest BCUT2D eigenvalue weighted by Crippen LogP contribution is 2.38. The molecular formula is C20H34O6. The highest BCUT2D eigenvalue weighted by Gasteiger charge is 2.42. The van der Waals surface area contributed by atoms with Crippen molar-refractivity contribution >= 4 is 17.5 Å². The predicted molar refractivity (Wildman–Crippen MR) is 97.7 cm³/mol. The molecule has 0 heterocycles. The average molecular weight is 370 g/mol. The van der Waals surface area contributed by atoms with Gasteiger partial charge in [0.1, 0.15) is 11.6 Å². The molecule has 0 aromatic rings. The van der Waals surface area contributed by atoms with Crippen LogP contribution in [0.25, 0.3) is 0 Å². The molecule has 4 atom stereocenters. The molecule has 4 unspecified atom stereocenters. The number of aliphatic hydroxyl groups excluding tert-OH is 2. The van der Waals surface area contributed by atoms with Gasteiger partial charge in [-0.1, -0.05) is 19.8 Å². The third kappa shape index (κ3) is 8.41. The fourth-order valence-corrected chi connectivity index (χ4v) is 3.85. The molecule has 6 heteroatoms. The summed E-state index contributed by atoms with van der Waals surface area (Å²) in [5.41, 5.74) is 0. The van der Waals surface area contributed by atoms with Crippen molar-refractivity contribution in [3.8, 4) is 0 Å². The highest BCUT2D eigenvalue weighted by molar-refractivity contribution is 5.79. The van der Waals surface area contributed by atoms with Crippen molar-refractivity contribution < 1.29 is 29.7 Å². The van der Waals surface area contributed by atoms with Gasteiger partial charge in [-0.25, -0.2) is 0 Å². The number of rotatable bonds is 14. The van der Waals surface area contributed by atoms with Crippen molar-refractivity contribution in [1.82, 2.24) is 0 Å². The van der Waals surface area contributed by atoms with Gasteiger partial charge in [0.25, 0.3) is 0 Å². The Morgan fingerprint density at radius 1 is 0.808 bits per heavy atom. The number of ketones is 2. The molecule has 1 aliphatic rings. The van der Waals surface area contributed by atoms with Crippen LogP contribution in [-0.2, 0) is 14.4 Å². The Labute approximate surface area is 156 Å². The molecule has 1 aliphatic carbocycles. The van der Waals surface area contributed by atoms with Crippen LogP contribution in [0.15, 0.2) is 0 Å². The van der Waals surface area contributed by atoms with E-state index in [0.717, 1.165) is 19.3 Å². The molecule has 0 amide bonds. The predicted octanol–water partition coefficient (Wildman–Crippen LogP) is 2.88. The van der Waals surface area contributed by atoms with Crippen LogP contribution in [0.5, 0.6) is 0 Å². The lowest BCUT2D eigenvalue weighted by atomic mass is 9.84. The molecule has 0 bridgehead atoms. The fourth-order valence-electron chi connectivity index (χ4n) is 3.85. The molecular weight excluding hydrogens is 336 g/mol. The van der Waals surface area contributed by atoms with Crippen LogP contribution in [0.4, 0.5) is 0 Å². The lowest BCUT2D eigenvalue weighted by Crippen LogP contribution is -2.25. The Hall–Kier alpha value is -1.27. The number of aliphatic carboxylic acids is 1. The van der Waals surface area contributed by atoms with Crippen LogP contribution in [0.1, 0.15) is 84.0 Å². The number of hydrogen-bond donors (Lipinski definition) is 3. The van der Waals surface area contributed by atoms with Crippen LogP contribution < -0.4 is 0 Å². The van der Waals surface area contributed by atoms with E-state index in [-0.39, 0.29) is 42.7 Å². The molecule has 1 fully saturated rings. The number of hydrogen-bond acceptors (Lipinski definition) is 5. The molecule has 0 aliphatic heterocycles. The minimum absolute atomic E-state index is 0.00666. The minimum Gasteiger partial charge on any atom is -0.481 e. The number of aliphatic hydroxyl groups is 2. The second-order valence-corrected chi connectivity index (χ2v) is 7.58. The smallest absolute Gasteiger partial charge is 0.303 e. The summed E-state index contributed by atoms with van der Waals surface area (Å²) in [5.74, 6) is -1.21. The number of carbonyl (C=O) groups is 3. The first-order valence-electron chi connectivity index (χ1n) is 9.96. The van der Waals surface area contributed by atoms with E-state index in [4.69, 9.17) is 5.11 Å². The molecule has 0 radical (unpaired) electrons. The Balaban J connectivity index is 2.42. The van der Waals surface area contributed by atoms with Crippen molar-refractivity contribution in [3.63, 3.8) is 0 Å². The molecule has 3 N–H and O–H groups in total. The third-order valence-corrected chi connectivity index (χ3v) is 5.40. The molecule has 150 valence electrons. The van der Waals surface area contributed by atoms with Crippen LogP contribution in [-0.4, -0.2) is 45.1 Å². The van der Waals surface area contributed by atoms with E-state index >= 15 is 0 Å². The van der Waals surface area contributed by atoms with Gasteiger partial charge in [0.2, 0.25) is 0 Å². The van der Waals surface area contributed by atoms with E-state index in [0.29, 0.717) is 38.5 Å². The highest BCUT2D eigenvalue weighted by atomic mass is 16.4. The zero-order chi connectivity index (χ0) is 19.5. The Morgan fingerprint density at radius 2 is 1.38 bits per heavy atom. The Kier molecular flexibility index (Phi) is 10.7. The van der Waals surface area contributed by atoms with Gasteiger partial charge >= 0.3 is 5.97 Å². The maximum Gasteiger partial charge on any atom is 0.303 e. The van der Waals surface area contributed by atoms with Crippen LogP contribution in [0.2, 0.25) is 0 Å². The zero-order valence-electron chi connectivity index (χ0n) is 15.9. The SMILES string of the molecule is CCCCCC(=O)CCC1C(O)CC(O)C1CC(=O)CCCCC(=O)O. The summed E-state index contributed by atoms with van der Waals surface area (Å²) in [4.78, 5) is 34.6. The third-order valence-electron chi connectivity index (χ3n) is 5.40. The topological polar surface area (TPSA) is 112 Å². The minimum atomic E-state index is -0.865. The number of carbonyl (C=O) groups excluding carboxylic acids is 2. The molecule has 0 saturated heterocycles. The molecule has 0 aromatic carbocycles. The first-order chi connectivity index (χ1) is 12.3. The second kappa shape index (κ2) is 12.2. The van der Waals surface area contributed by atoms with Crippen molar-refractivity contribution in [2.75, 3.05) is 0 Å². The zero-order valence-corrected chi connectivity index (χ0v) is 15.9. The fraction of sp³-hybridized carbons (Fsp3) is 0.850. The van der Waals surface area contributed by atoms with Gasteiger partial charge < -0.3 is 15.3 Å². The van der Waals surface area contributed by atoms with Crippen LogP contribution in [0.3, 0.4) is 0 Å². The molecule has 1 saturated carbocycles. The molecule has 6 nitrogen and oxygen atoms in total. The number of carboxylic acids is 1. The number of Topliss-reactive ketones (excluding diaryl/α,β-unsaturated/α-hetero) is 2. The lowest BCUT2D eigenvalue weighted by Gasteiger charge is -2.22. The quantitative estimate of drug-likeness (QED) is 0.405. The van der Waals surface area contributed by atoms with Crippen molar-refractivity contribution in [1.29, 1.82) is 0 Å². The van der Waals surface area contributed by atoms with E-state index in [2.05, 4.69) is 6.92 Å². The monoisotopic (exact) mass is 370 g/mol. The van der Waals surface area contributed by atoms with E-state index in [1.807, 2.05) is 0 Å². The largest absolute Gasteiger partial charge is 0.481 e. The first kappa shape index (κ1) is 22.8. The summed E-state index contributed by atoms with van der Waals surface area (Å²) in [6.45, 7) is 2.09. The lowest BCUT2D eigenvalue weighted by molar-refractivity contribution is -0.137. The van der Waals surface area contributed by atoms with Crippen LogP contribution in [0, 0.1) is 11.8 Å². The Bertz CT molecular complexity index is 461. The van der Waals surface area contributed by atoms with Crippen molar-refractivity contribution in [3.05, 3.63) is 0 Å². The maximum absolute atomic E-state index is 12.1. The maximum atomic E-state index is 12.1. The second-order valence-electron chi connectivity index (χ2n) is 7.58.